The van der Waals surface area contributed by atoms with Gasteiger partial charge in [-0.2, -0.15) is 0 Å². The lowest BCUT2D eigenvalue weighted by molar-refractivity contribution is 0.331. The first-order valence-electron chi connectivity index (χ1n) is 7.11. The first-order valence-corrected chi connectivity index (χ1v) is 8.59. The standard InChI is InChI=1S/C16H17N3O3S/c1-16(2,3)13-10-14(18-22-13)19-23(20,21)12-8-4-6-11-7-5-9-17-15(11)12/h4-10H,1-3H3,(H,18,19). The fourth-order valence-corrected chi connectivity index (χ4v) is 3.33. The Balaban J connectivity index is 2.00. The summed E-state index contributed by atoms with van der Waals surface area (Å²) in [5.41, 5.74) is 0.166. The number of benzene rings is 1. The van der Waals surface area contributed by atoms with E-state index < -0.39 is 10.0 Å². The highest BCUT2D eigenvalue weighted by molar-refractivity contribution is 7.93. The molecule has 6 nitrogen and oxygen atoms in total. The molecule has 0 atom stereocenters. The number of nitrogens with one attached hydrogen (secondary N) is 1. The smallest absolute Gasteiger partial charge is 0.265 e. The zero-order valence-electron chi connectivity index (χ0n) is 13.1. The molecule has 0 aliphatic heterocycles. The molecule has 120 valence electrons. The Kier molecular flexibility index (Phi) is 3.60. The van der Waals surface area contributed by atoms with Crippen LogP contribution in [-0.4, -0.2) is 18.6 Å². The lowest BCUT2D eigenvalue weighted by atomic mass is 9.93. The van der Waals surface area contributed by atoms with Gasteiger partial charge in [-0.15, -0.1) is 0 Å². The molecule has 0 radical (unpaired) electrons. The highest BCUT2D eigenvalue weighted by atomic mass is 32.2. The van der Waals surface area contributed by atoms with Gasteiger partial charge >= 0.3 is 0 Å². The van der Waals surface area contributed by atoms with Crippen LogP contribution < -0.4 is 4.72 Å². The van der Waals surface area contributed by atoms with Gasteiger partial charge in [0.05, 0.1) is 5.52 Å². The summed E-state index contributed by atoms with van der Waals surface area (Å²) in [5.74, 6) is 0.758. The van der Waals surface area contributed by atoms with Gasteiger partial charge in [-0.1, -0.05) is 44.1 Å². The second-order valence-corrected chi connectivity index (χ2v) is 7.91. The highest BCUT2D eigenvalue weighted by Gasteiger charge is 2.23. The van der Waals surface area contributed by atoms with Crippen LogP contribution in [0.4, 0.5) is 5.82 Å². The maximum absolute atomic E-state index is 12.6. The molecular formula is C16H17N3O3S. The minimum Gasteiger partial charge on any atom is -0.359 e. The van der Waals surface area contributed by atoms with Crippen molar-refractivity contribution in [3.63, 3.8) is 0 Å². The van der Waals surface area contributed by atoms with Crippen LogP contribution in [0.3, 0.4) is 0 Å². The SMILES string of the molecule is CC(C)(C)c1cc(NS(=O)(=O)c2cccc3cccnc23)no1. The number of nitrogens with zero attached hydrogens (tertiary/aromatic N) is 2. The van der Waals surface area contributed by atoms with Gasteiger partial charge in [-0.25, -0.2) is 8.42 Å². The molecule has 7 heteroatoms. The molecule has 1 N–H and O–H groups in total. The molecule has 23 heavy (non-hydrogen) atoms. The van der Waals surface area contributed by atoms with Crippen molar-refractivity contribution in [1.82, 2.24) is 10.1 Å². The summed E-state index contributed by atoms with van der Waals surface area (Å²) in [6.45, 7) is 5.88. The fourth-order valence-electron chi connectivity index (χ4n) is 2.16. The van der Waals surface area contributed by atoms with Gasteiger partial charge < -0.3 is 4.52 Å². The van der Waals surface area contributed by atoms with E-state index in [2.05, 4.69) is 14.9 Å². The van der Waals surface area contributed by atoms with Crippen molar-refractivity contribution >= 4 is 26.7 Å². The molecule has 0 saturated carbocycles. The van der Waals surface area contributed by atoms with Crippen molar-refractivity contribution in [2.75, 3.05) is 4.72 Å². The predicted molar refractivity (Wildman–Crippen MR) is 87.8 cm³/mol. The molecule has 0 aliphatic carbocycles. The monoisotopic (exact) mass is 331 g/mol. The number of hydrogen-bond acceptors (Lipinski definition) is 5. The summed E-state index contributed by atoms with van der Waals surface area (Å²) in [6, 6.07) is 10.2. The van der Waals surface area contributed by atoms with E-state index in [1.807, 2.05) is 32.9 Å². The molecule has 0 aliphatic rings. The first kappa shape index (κ1) is 15.5. The number of anilines is 1. The quantitative estimate of drug-likeness (QED) is 0.796. The highest BCUT2D eigenvalue weighted by Crippen LogP contribution is 2.27. The number of aromatic nitrogens is 2. The molecule has 0 bridgehead atoms. The summed E-state index contributed by atoms with van der Waals surface area (Å²) in [5, 5.41) is 4.54. The maximum Gasteiger partial charge on any atom is 0.265 e. The van der Waals surface area contributed by atoms with E-state index in [0.717, 1.165) is 5.39 Å². The lowest BCUT2D eigenvalue weighted by Gasteiger charge is -2.12. The largest absolute Gasteiger partial charge is 0.359 e. The average molecular weight is 331 g/mol. The molecule has 0 fully saturated rings. The Labute approximate surface area is 134 Å². The van der Waals surface area contributed by atoms with E-state index >= 15 is 0 Å². The second kappa shape index (κ2) is 5.34. The van der Waals surface area contributed by atoms with Crippen LogP contribution in [0.1, 0.15) is 26.5 Å². The van der Waals surface area contributed by atoms with E-state index in [-0.39, 0.29) is 16.1 Å². The van der Waals surface area contributed by atoms with Crippen LogP contribution in [0, 0.1) is 0 Å². The molecule has 0 spiro atoms. The van der Waals surface area contributed by atoms with Gasteiger partial charge in [-0.3, -0.25) is 9.71 Å². The van der Waals surface area contributed by atoms with E-state index in [4.69, 9.17) is 4.52 Å². The average Bonchev–Trinajstić information content (AvgIpc) is 2.94. The molecule has 0 amide bonds. The molecule has 2 heterocycles. The summed E-state index contributed by atoms with van der Waals surface area (Å²) in [7, 11) is -3.81. The third-order valence-electron chi connectivity index (χ3n) is 3.37. The van der Waals surface area contributed by atoms with Crippen molar-refractivity contribution in [1.29, 1.82) is 0 Å². The Hall–Kier alpha value is -2.41. The third-order valence-corrected chi connectivity index (χ3v) is 4.76. The predicted octanol–water partition coefficient (Wildman–Crippen LogP) is 3.32. The summed E-state index contributed by atoms with van der Waals surface area (Å²) < 4.78 is 32.9. The number of rotatable bonds is 3. The fraction of sp³-hybridized carbons (Fsp3) is 0.250. The number of pyridine rings is 1. The van der Waals surface area contributed by atoms with E-state index in [1.165, 1.54) is 6.07 Å². The van der Waals surface area contributed by atoms with Gasteiger partial charge in [0, 0.05) is 23.1 Å². The molecule has 0 unspecified atom stereocenters. The van der Waals surface area contributed by atoms with Crippen LogP contribution >= 0.6 is 0 Å². The molecule has 3 rings (SSSR count). The van der Waals surface area contributed by atoms with Crippen LogP contribution in [0.5, 0.6) is 0 Å². The zero-order chi connectivity index (χ0) is 16.7. The minimum absolute atomic E-state index is 0.107. The summed E-state index contributed by atoms with van der Waals surface area (Å²) >= 11 is 0. The number of para-hydroxylation sites is 1. The Bertz CT molecular complexity index is 951. The van der Waals surface area contributed by atoms with Gasteiger partial charge in [-0.05, 0) is 12.1 Å². The van der Waals surface area contributed by atoms with Crippen LogP contribution in [0.2, 0.25) is 0 Å². The van der Waals surface area contributed by atoms with Crippen LogP contribution in [0.25, 0.3) is 10.9 Å². The topological polar surface area (TPSA) is 85.1 Å². The molecule has 0 saturated heterocycles. The minimum atomic E-state index is -3.81. The van der Waals surface area contributed by atoms with Crippen molar-refractivity contribution in [2.24, 2.45) is 0 Å². The normalized spacial score (nSPS) is 12.5. The third kappa shape index (κ3) is 3.05. The van der Waals surface area contributed by atoms with Crippen molar-refractivity contribution in [2.45, 2.75) is 31.1 Å². The van der Waals surface area contributed by atoms with Crippen molar-refractivity contribution in [3.8, 4) is 0 Å². The van der Waals surface area contributed by atoms with Crippen LogP contribution in [-0.2, 0) is 15.4 Å². The summed E-state index contributed by atoms with van der Waals surface area (Å²) in [4.78, 5) is 4.28. The van der Waals surface area contributed by atoms with E-state index in [9.17, 15) is 8.42 Å². The molecule has 2 aromatic heterocycles. The number of hydrogen-bond donors (Lipinski definition) is 1. The van der Waals surface area contributed by atoms with Crippen molar-refractivity contribution < 1.29 is 12.9 Å². The first-order chi connectivity index (χ1) is 10.8. The maximum atomic E-state index is 12.6. The van der Waals surface area contributed by atoms with E-state index in [1.54, 1.807) is 24.4 Å². The van der Waals surface area contributed by atoms with Crippen molar-refractivity contribution in [3.05, 3.63) is 48.4 Å². The second-order valence-electron chi connectivity index (χ2n) is 6.26. The van der Waals surface area contributed by atoms with Crippen LogP contribution in [0.15, 0.2) is 52.0 Å². The Morgan fingerprint density at radius 1 is 1.13 bits per heavy atom. The Morgan fingerprint density at radius 2 is 1.87 bits per heavy atom. The summed E-state index contributed by atoms with van der Waals surface area (Å²) in [6.07, 6.45) is 1.56. The molecule has 1 aromatic carbocycles. The van der Waals surface area contributed by atoms with Gasteiger partial charge in [0.15, 0.2) is 5.82 Å². The lowest BCUT2D eigenvalue weighted by Crippen LogP contribution is -2.14. The van der Waals surface area contributed by atoms with Gasteiger partial charge in [0.25, 0.3) is 10.0 Å². The van der Waals surface area contributed by atoms with Gasteiger partial charge in [0.1, 0.15) is 10.7 Å². The number of fused-ring (bicyclic) bond motifs is 1. The van der Waals surface area contributed by atoms with Gasteiger partial charge in [0.2, 0.25) is 0 Å². The van der Waals surface area contributed by atoms with E-state index in [0.29, 0.717) is 11.3 Å². The Morgan fingerprint density at radius 3 is 2.57 bits per heavy atom. The number of sulfonamides is 1. The molecular weight excluding hydrogens is 314 g/mol. The molecule has 3 aromatic rings. The zero-order valence-corrected chi connectivity index (χ0v) is 13.9.